The summed E-state index contributed by atoms with van der Waals surface area (Å²) in [5, 5.41) is 13.1. The first-order valence-electron chi connectivity index (χ1n) is 8.34. The van der Waals surface area contributed by atoms with E-state index in [-0.39, 0.29) is 11.9 Å². The Bertz CT molecular complexity index is 340. The van der Waals surface area contributed by atoms with Crippen LogP contribution < -0.4 is 5.32 Å². The molecule has 2 N–H and O–H groups in total. The molecule has 2 rings (SSSR count). The van der Waals surface area contributed by atoms with E-state index in [9.17, 15) is 9.90 Å². The van der Waals surface area contributed by atoms with E-state index < -0.39 is 5.60 Å². The van der Waals surface area contributed by atoms with Gasteiger partial charge in [0.15, 0.2) is 0 Å². The molecule has 2 fully saturated rings. The van der Waals surface area contributed by atoms with Gasteiger partial charge in [-0.1, -0.05) is 12.8 Å². The lowest BCUT2D eigenvalue weighted by molar-refractivity contribution is -0.127. The summed E-state index contributed by atoms with van der Waals surface area (Å²) in [6.07, 6.45) is 4.76. The normalized spacial score (nSPS) is 24.2. The molecule has 1 unspecified atom stereocenters. The number of hydrogen-bond acceptors (Lipinski definition) is 4. The average molecular weight is 297 g/mol. The Labute approximate surface area is 128 Å². The molecule has 0 spiro atoms. The smallest absolute Gasteiger partial charge is 0.237 e. The Morgan fingerprint density at radius 2 is 1.81 bits per heavy atom. The Morgan fingerprint density at radius 3 is 2.33 bits per heavy atom. The van der Waals surface area contributed by atoms with E-state index in [1.807, 2.05) is 20.8 Å². The van der Waals surface area contributed by atoms with Gasteiger partial charge in [-0.25, -0.2) is 0 Å². The summed E-state index contributed by atoms with van der Waals surface area (Å²) >= 11 is 0. The molecule has 1 amide bonds. The maximum atomic E-state index is 12.3. The van der Waals surface area contributed by atoms with E-state index in [0.29, 0.717) is 12.6 Å². The summed E-state index contributed by atoms with van der Waals surface area (Å²) in [5.41, 5.74) is -0.645. The van der Waals surface area contributed by atoms with Crippen molar-refractivity contribution in [2.75, 3.05) is 32.7 Å². The number of carbonyl (C=O) groups is 1. The summed E-state index contributed by atoms with van der Waals surface area (Å²) in [6, 6.07) is 0.353. The van der Waals surface area contributed by atoms with Gasteiger partial charge in [-0.3, -0.25) is 14.6 Å². The van der Waals surface area contributed by atoms with Crippen LogP contribution in [-0.2, 0) is 4.79 Å². The number of nitrogens with zero attached hydrogens (tertiary/aromatic N) is 2. The highest BCUT2D eigenvalue weighted by Crippen LogP contribution is 2.18. The number of carbonyl (C=O) groups excluding carboxylic acids is 1. The second-order valence-electron chi connectivity index (χ2n) is 7.29. The third kappa shape index (κ3) is 5.24. The SMILES string of the molecule is CC(C(=O)NC1CCCC1)N1CCN(CC(C)(C)O)CC1. The lowest BCUT2D eigenvalue weighted by Gasteiger charge is -2.39. The second-order valence-corrected chi connectivity index (χ2v) is 7.29. The third-order valence-electron chi connectivity index (χ3n) is 4.65. The minimum Gasteiger partial charge on any atom is -0.389 e. The van der Waals surface area contributed by atoms with Gasteiger partial charge in [0.2, 0.25) is 5.91 Å². The second kappa shape index (κ2) is 7.07. The molecule has 1 aliphatic heterocycles. The summed E-state index contributed by atoms with van der Waals surface area (Å²) in [4.78, 5) is 16.8. The van der Waals surface area contributed by atoms with Crippen molar-refractivity contribution in [1.82, 2.24) is 15.1 Å². The van der Waals surface area contributed by atoms with Gasteiger partial charge in [0.05, 0.1) is 11.6 Å². The molecule has 0 aromatic rings. The molecule has 1 heterocycles. The van der Waals surface area contributed by atoms with E-state index >= 15 is 0 Å². The summed E-state index contributed by atoms with van der Waals surface area (Å²) in [7, 11) is 0. The van der Waals surface area contributed by atoms with E-state index in [2.05, 4.69) is 15.1 Å². The standard InChI is InChI=1S/C16H31N3O2/c1-13(15(20)17-14-6-4-5-7-14)19-10-8-18(9-11-19)12-16(2,3)21/h13-14,21H,4-12H2,1-3H3,(H,17,20). The molecule has 0 bridgehead atoms. The van der Waals surface area contributed by atoms with Crippen molar-refractivity contribution in [3.63, 3.8) is 0 Å². The molecule has 5 nitrogen and oxygen atoms in total. The van der Waals surface area contributed by atoms with Crippen molar-refractivity contribution in [3.05, 3.63) is 0 Å². The van der Waals surface area contributed by atoms with Gasteiger partial charge in [0.25, 0.3) is 0 Å². The van der Waals surface area contributed by atoms with Crippen molar-refractivity contribution < 1.29 is 9.90 Å². The van der Waals surface area contributed by atoms with Crippen molar-refractivity contribution in [3.8, 4) is 0 Å². The first-order valence-corrected chi connectivity index (χ1v) is 8.34. The van der Waals surface area contributed by atoms with Crippen molar-refractivity contribution in [2.24, 2.45) is 0 Å². The van der Waals surface area contributed by atoms with Gasteiger partial charge >= 0.3 is 0 Å². The van der Waals surface area contributed by atoms with Gasteiger partial charge in [0, 0.05) is 38.8 Å². The van der Waals surface area contributed by atoms with Crippen molar-refractivity contribution >= 4 is 5.91 Å². The van der Waals surface area contributed by atoms with Crippen LogP contribution in [0.15, 0.2) is 0 Å². The average Bonchev–Trinajstić information content (AvgIpc) is 2.90. The predicted octanol–water partition coefficient (Wildman–Crippen LogP) is 0.822. The Morgan fingerprint density at radius 1 is 1.24 bits per heavy atom. The van der Waals surface area contributed by atoms with Crippen LogP contribution in [0.5, 0.6) is 0 Å². The van der Waals surface area contributed by atoms with E-state index in [4.69, 9.17) is 0 Å². The zero-order chi connectivity index (χ0) is 15.5. The Hall–Kier alpha value is -0.650. The largest absolute Gasteiger partial charge is 0.389 e. The maximum Gasteiger partial charge on any atom is 0.237 e. The van der Waals surface area contributed by atoms with E-state index in [0.717, 1.165) is 39.0 Å². The monoisotopic (exact) mass is 297 g/mol. The molecular weight excluding hydrogens is 266 g/mol. The van der Waals surface area contributed by atoms with Crippen LogP contribution in [0.25, 0.3) is 0 Å². The van der Waals surface area contributed by atoms with Crippen LogP contribution >= 0.6 is 0 Å². The predicted molar refractivity (Wildman–Crippen MR) is 84.2 cm³/mol. The van der Waals surface area contributed by atoms with Gasteiger partial charge < -0.3 is 10.4 Å². The van der Waals surface area contributed by atoms with Crippen LogP contribution in [-0.4, -0.2) is 71.2 Å². The first kappa shape index (κ1) is 16.7. The number of rotatable bonds is 5. The van der Waals surface area contributed by atoms with Crippen LogP contribution in [0.1, 0.15) is 46.5 Å². The van der Waals surface area contributed by atoms with E-state index in [1.165, 1.54) is 12.8 Å². The molecule has 0 radical (unpaired) electrons. The molecule has 21 heavy (non-hydrogen) atoms. The number of β-amino-alcohol motifs (C(OH)–C–C–N with tert-alkyl or cyclic N) is 1. The fourth-order valence-corrected chi connectivity index (χ4v) is 3.41. The van der Waals surface area contributed by atoms with Crippen LogP contribution in [0.3, 0.4) is 0 Å². The first-order chi connectivity index (χ1) is 9.85. The van der Waals surface area contributed by atoms with Gasteiger partial charge in [-0.05, 0) is 33.6 Å². The molecule has 0 aromatic carbocycles. The Kier molecular flexibility index (Phi) is 5.63. The molecule has 122 valence electrons. The minimum absolute atomic E-state index is 0.0464. The molecule has 5 heteroatoms. The summed E-state index contributed by atoms with van der Waals surface area (Å²) < 4.78 is 0. The van der Waals surface area contributed by atoms with Gasteiger partial charge in [-0.15, -0.1) is 0 Å². The lowest BCUT2D eigenvalue weighted by atomic mass is 10.1. The third-order valence-corrected chi connectivity index (χ3v) is 4.65. The lowest BCUT2D eigenvalue weighted by Crippen LogP contribution is -2.56. The summed E-state index contributed by atoms with van der Waals surface area (Å²) in [5.74, 6) is 0.179. The van der Waals surface area contributed by atoms with Crippen LogP contribution in [0, 0.1) is 0 Å². The quantitative estimate of drug-likeness (QED) is 0.789. The number of piperazine rings is 1. The molecule has 2 aliphatic rings. The van der Waals surface area contributed by atoms with Crippen molar-refractivity contribution in [2.45, 2.75) is 64.1 Å². The molecule has 0 aromatic heterocycles. The number of aliphatic hydroxyl groups is 1. The van der Waals surface area contributed by atoms with Crippen LogP contribution in [0.2, 0.25) is 0 Å². The van der Waals surface area contributed by atoms with Crippen LogP contribution in [0.4, 0.5) is 0 Å². The fraction of sp³-hybridized carbons (Fsp3) is 0.938. The van der Waals surface area contributed by atoms with Crippen molar-refractivity contribution in [1.29, 1.82) is 0 Å². The molecule has 1 aliphatic carbocycles. The molecule has 1 atom stereocenters. The molecule has 1 saturated heterocycles. The molecule has 1 saturated carbocycles. The zero-order valence-corrected chi connectivity index (χ0v) is 13.8. The Balaban J connectivity index is 1.74. The molecular formula is C16H31N3O2. The summed E-state index contributed by atoms with van der Waals surface area (Å²) in [6.45, 7) is 10.0. The van der Waals surface area contributed by atoms with Gasteiger partial charge in [0.1, 0.15) is 0 Å². The highest BCUT2D eigenvalue weighted by Gasteiger charge is 2.29. The van der Waals surface area contributed by atoms with Gasteiger partial charge in [-0.2, -0.15) is 0 Å². The number of hydrogen-bond donors (Lipinski definition) is 2. The maximum absolute atomic E-state index is 12.3. The minimum atomic E-state index is -0.645. The number of amides is 1. The highest BCUT2D eigenvalue weighted by atomic mass is 16.3. The number of nitrogens with one attached hydrogen (secondary N) is 1. The topological polar surface area (TPSA) is 55.8 Å². The van der Waals surface area contributed by atoms with E-state index in [1.54, 1.807) is 0 Å². The zero-order valence-electron chi connectivity index (χ0n) is 13.8. The highest BCUT2D eigenvalue weighted by molar-refractivity contribution is 5.81. The fourth-order valence-electron chi connectivity index (χ4n) is 3.41.